The number of carbonyl (C=O) groups excluding carboxylic acids is 1. The molecule has 2 aromatic rings. The highest BCUT2D eigenvalue weighted by Crippen LogP contribution is 2.54. The molecule has 208 valence electrons. The van der Waals surface area contributed by atoms with Crippen LogP contribution in [0.4, 0.5) is 11.4 Å². The molecule has 7 rings (SSSR count). The number of amides is 1. The number of hydrogen-bond acceptors (Lipinski definition) is 6. The van der Waals surface area contributed by atoms with E-state index >= 15 is 0 Å². The van der Waals surface area contributed by atoms with Crippen LogP contribution in [0.15, 0.2) is 64.2 Å². The zero-order valence-corrected chi connectivity index (χ0v) is 24.0. The molecule has 2 aromatic carbocycles. The van der Waals surface area contributed by atoms with Gasteiger partial charge < -0.3 is 19.5 Å². The van der Waals surface area contributed by atoms with Crippen molar-refractivity contribution in [2.75, 3.05) is 18.0 Å². The van der Waals surface area contributed by atoms with Crippen LogP contribution < -0.4 is 10.2 Å². The Labute approximate surface area is 234 Å². The van der Waals surface area contributed by atoms with Crippen molar-refractivity contribution in [3.05, 3.63) is 76.0 Å². The first-order chi connectivity index (χ1) is 18.9. The summed E-state index contributed by atoms with van der Waals surface area (Å²) in [6.45, 7) is 10.9. The van der Waals surface area contributed by atoms with Crippen LogP contribution >= 0.6 is 0 Å². The molecule has 9 heteroatoms. The van der Waals surface area contributed by atoms with Gasteiger partial charge in [0.2, 0.25) is 12.1 Å². The molecule has 5 aliphatic rings. The summed E-state index contributed by atoms with van der Waals surface area (Å²) in [6, 6.07) is 11.2. The second kappa shape index (κ2) is 8.38. The number of allylic oxidation sites excluding steroid dienone is 1. The molecule has 1 N–H and O–H groups in total. The van der Waals surface area contributed by atoms with E-state index in [1.54, 1.807) is 12.1 Å². The highest BCUT2D eigenvalue weighted by atomic mass is 32.2. The summed E-state index contributed by atoms with van der Waals surface area (Å²) < 4.78 is 44.7. The van der Waals surface area contributed by atoms with Gasteiger partial charge in [-0.25, -0.2) is 8.42 Å². The van der Waals surface area contributed by atoms with Crippen molar-refractivity contribution in [2.24, 2.45) is 0 Å². The van der Waals surface area contributed by atoms with E-state index in [0.29, 0.717) is 6.54 Å². The van der Waals surface area contributed by atoms with E-state index in [1.165, 1.54) is 28.6 Å². The number of benzene rings is 2. The monoisotopic (exact) mass is 559 g/mol. The lowest BCUT2D eigenvalue weighted by Gasteiger charge is -2.42. The number of carbonyl (C=O) groups is 1. The molecule has 5 heterocycles. The van der Waals surface area contributed by atoms with Crippen molar-refractivity contribution in [1.82, 2.24) is 5.32 Å². The van der Waals surface area contributed by atoms with E-state index in [2.05, 4.69) is 66.8 Å². The van der Waals surface area contributed by atoms with Gasteiger partial charge in [-0.3, -0.25) is 4.79 Å². The zero-order valence-electron chi connectivity index (χ0n) is 23.2. The molecule has 8 nitrogen and oxygen atoms in total. The molecule has 40 heavy (non-hydrogen) atoms. The Hall–Kier alpha value is -3.27. The first-order valence-corrected chi connectivity index (χ1v) is 15.3. The third-order valence-corrected chi connectivity index (χ3v) is 10.3. The van der Waals surface area contributed by atoms with Crippen molar-refractivity contribution >= 4 is 33.6 Å². The number of nitrogens with zero attached hydrogens (tertiary/aromatic N) is 2. The minimum absolute atomic E-state index is 0.0148. The van der Waals surface area contributed by atoms with Crippen molar-refractivity contribution in [2.45, 2.75) is 75.0 Å². The SMILES string of the molecule is CC1(C)C2=C3C=C4C5=[N+](CCC4OC3CCN2c2ccc(CNC=O)cc21)c1ccc(S(=O)(=O)[O-])cc1C5(C)C. The lowest BCUT2D eigenvalue weighted by atomic mass is 9.74. The van der Waals surface area contributed by atoms with Crippen LogP contribution in [-0.2, 0) is 37.0 Å². The molecule has 0 aromatic heterocycles. The lowest BCUT2D eigenvalue weighted by Crippen LogP contribution is -2.47. The van der Waals surface area contributed by atoms with E-state index in [9.17, 15) is 17.8 Å². The first-order valence-electron chi connectivity index (χ1n) is 13.9. The highest BCUT2D eigenvalue weighted by molar-refractivity contribution is 7.85. The number of fused-ring (bicyclic) bond motifs is 8. The van der Waals surface area contributed by atoms with Crippen molar-refractivity contribution in [3.63, 3.8) is 0 Å². The Morgan fingerprint density at radius 3 is 2.62 bits per heavy atom. The minimum atomic E-state index is -4.56. The Balaban J connectivity index is 1.37. The van der Waals surface area contributed by atoms with Gasteiger partial charge in [-0.05, 0) is 55.7 Å². The summed E-state index contributed by atoms with van der Waals surface area (Å²) in [7, 11) is -4.56. The molecule has 2 atom stereocenters. The van der Waals surface area contributed by atoms with E-state index in [4.69, 9.17) is 4.74 Å². The maximum atomic E-state index is 11.8. The predicted octanol–water partition coefficient (Wildman–Crippen LogP) is 3.77. The lowest BCUT2D eigenvalue weighted by molar-refractivity contribution is -0.445. The molecule has 1 amide bonds. The fourth-order valence-corrected chi connectivity index (χ4v) is 8.24. The Morgan fingerprint density at radius 2 is 1.88 bits per heavy atom. The molecule has 0 saturated carbocycles. The third-order valence-electron chi connectivity index (χ3n) is 9.47. The zero-order chi connectivity index (χ0) is 28.2. The minimum Gasteiger partial charge on any atom is -0.744 e. The first kappa shape index (κ1) is 25.7. The van der Waals surface area contributed by atoms with Crippen LogP contribution in [0.5, 0.6) is 0 Å². The summed E-state index contributed by atoms with van der Waals surface area (Å²) in [5.41, 5.74) is 9.33. The van der Waals surface area contributed by atoms with Crippen LogP contribution in [0.2, 0.25) is 0 Å². The van der Waals surface area contributed by atoms with Gasteiger partial charge in [0.25, 0.3) is 0 Å². The number of nitrogens with one attached hydrogen (secondary N) is 1. The van der Waals surface area contributed by atoms with Crippen LogP contribution in [0.3, 0.4) is 0 Å². The van der Waals surface area contributed by atoms with Gasteiger partial charge in [-0.1, -0.05) is 26.0 Å². The Bertz CT molecular complexity index is 1700. The predicted molar refractivity (Wildman–Crippen MR) is 150 cm³/mol. The van der Waals surface area contributed by atoms with E-state index in [0.717, 1.165) is 60.4 Å². The maximum absolute atomic E-state index is 11.8. The molecular weight excluding hydrogens is 526 g/mol. The normalized spacial score (nSPS) is 25.3. The Morgan fingerprint density at radius 1 is 1.07 bits per heavy atom. The largest absolute Gasteiger partial charge is 0.744 e. The molecule has 0 saturated heterocycles. The molecule has 0 aliphatic carbocycles. The van der Waals surface area contributed by atoms with Gasteiger partial charge in [-0.15, -0.1) is 0 Å². The average Bonchev–Trinajstić information content (AvgIpc) is 3.29. The van der Waals surface area contributed by atoms with E-state index in [1.807, 2.05) is 0 Å². The number of rotatable bonds is 4. The van der Waals surface area contributed by atoms with Crippen LogP contribution in [0.25, 0.3) is 0 Å². The Kier molecular flexibility index (Phi) is 5.38. The second-order valence-electron chi connectivity index (χ2n) is 12.5. The fourth-order valence-electron chi connectivity index (χ4n) is 7.74. The van der Waals surface area contributed by atoms with Gasteiger partial charge in [0, 0.05) is 59.1 Å². The van der Waals surface area contributed by atoms with Gasteiger partial charge in [-0.2, -0.15) is 4.58 Å². The maximum Gasteiger partial charge on any atom is 0.209 e. The third kappa shape index (κ3) is 3.47. The number of ether oxygens (including phenoxy) is 1. The summed E-state index contributed by atoms with van der Waals surface area (Å²) in [5.74, 6) is 0. The van der Waals surface area contributed by atoms with E-state index in [-0.39, 0.29) is 22.5 Å². The molecular formula is C31H33N3O5S. The van der Waals surface area contributed by atoms with Crippen LogP contribution in [-0.4, -0.2) is 55.0 Å². The van der Waals surface area contributed by atoms with Gasteiger partial charge in [0.15, 0.2) is 12.3 Å². The summed E-state index contributed by atoms with van der Waals surface area (Å²) in [6.07, 6.45) is 4.80. The number of anilines is 1. The van der Waals surface area contributed by atoms with Crippen LogP contribution in [0.1, 0.15) is 57.2 Å². The molecule has 0 spiro atoms. The van der Waals surface area contributed by atoms with Crippen LogP contribution in [0, 0.1) is 0 Å². The molecule has 0 fully saturated rings. The number of hydrogen-bond donors (Lipinski definition) is 1. The fraction of sp³-hybridized carbons (Fsp3) is 0.419. The molecule has 5 aliphatic heterocycles. The summed E-state index contributed by atoms with van der Waals surface area (Å²) >= 11 is 0. The quantitative estimate of drug-likeness (QED) is 0.348. The molecule has 0 bridgehead atoms. The summed E-state index contributed by atoms with van der Waals surface area (Å²) in [4.78, 5) is 13.1. The molecule has 2 unspecified atom stereocenters. The van der Waals surface area contributed by atoms with Crippen molar-refractivity contribution < 1.29 is 27.1 Å². The van der Waals surface area contributed by atoms with Crippen molar-refractivity contribution in [1.29, 1.82) is 0 Å². The highest BCUT2D eigenvalue weighted by Gasteiger charge is 2.54. The molecule has 0 radical (unpaired) electrons. The van der Waals surface area contributed by atoms with E-state index < -0.39 is 15.5 Å². The van der Waals surface area contributed by atoms with Gasteiger partial charge in [0.1, 0.15) is 10.1 Å². The smallest absolute Gasteiger partial charge is 0.209 e. The second-order valence-corrected chi connectivity index (χ2v) is 13.9. The van der Waals surface area contributed by atoms with Crippen molar-refractivity contribution in [3.8, 4) is 0 Å². The van der Waals surface area contributed by atoms with Gasteiger partial charge >= 0.3 is 0 Å². The standard InChI is InChI=1S/C31H33N3O5S/c1-30(2)22-13-18(16-32-17-35)5-7-24(22)33-11-9-26-20(28(30)33)15-21-27(39-26)10-12-34-25-8-6-19(40(36,37)38)14-23(25)31(3,4)29(21)34/h5-8,13-15,17,26-27H,9-12,16H2,1-4H3,(H-,32,35,36,37,38). The average molecular weight is 560 g/mol. The summed E-state index contributed by atoms with van der Waals surface area (Å²) in [5, 5.41) is 2.78. The van der Waals surface area contributed by atoms with Gasteiger partial charge in [0.05, 0.1) is 22.5 Å². The topological polar surface area (TPSA) is 102 Å².